The molecule has 0 unspecified atom stereocenters. The van der Waals surface area contributed by atoms with E-state index < -0.39 is 5.97 Å². The summed E-state index contributed by atoms with van der Waals surface area (Å²) in [6.07, 6.45) is 2.37. The number of ether oxygens (including phenoxy) is 1. The van der Waals surface area contributed by atoms with Gasteiger partial charge in [-0.3, -0.25) is 4.68 Å². The highest BCUT2D eigenvalue weighted by Crippen LogP contribution is 2.12. The van der Waals surface area contributed by atoms with E-state index in [0.717, 1.165) is 17.7 Å². The third kappa shape index (κ3) is 3.13. The minimum absolute atomic E-state index is 0.259. The molecule has 1 N–H and O–H groups in total. The van der Waals surface area contributed by atoms with Gasteiger partial charge in [0.1, 0.15) is 11.3 Å². The molecule has 2 rings (SSSR count). The first-order valence-electron chi connectivity index (χ1n) is 6.00. The molecule has 100 valence electrons. The zero-order chi connectivity index (χ0) is 13.8. The summed E-state index contributed by atoms with van der Waals surface area (Å²) in [4.78, 5) is 10.9. The van der Waals surface area contributed by atoms with Crippen LogP contribution in [0.3, 0.4) is 0 Å². The second-order valence-corrected chi connectivity index (χ2v) is 4.29. The van der Waals surface area contributed by atoms with E-state index in [1.807, 2.05) is 24.3 Å². The summed E-state index contributed by atoms with van der Waals surface area (Å²) in [5.41, 5.74) is 1.96. The number of carbonyl (C=O) groups is 1. The summed E-state index contributed by atoms with van der Waals surface area (Å²) < 4.78 is 6.76. The van der Waals surface area contributed by atoms with Gasteiger partial charge >= 0.3 is 5.97 Å². The fraction of sp³-hybridized carbons (Fsp3) is 0.286. The first-order valence-corrected chi connectivity index (χ1v) is 6.00. The quantitative estimate of drug-likeness (QED) is 0.894. The van der Waals surface area contributed by atoms with Gasteiger partial charge in [-0.2, -0.15) is 5.10 Å². The fourth-order valence-corrected chi connectivity index (χ4v) is 1.88. The predicted octanol–water partition coefficient (Wildman–Crippen LogP) is 2.14. The highest BCUT2D eigenvalue weighted by Gasteiger charge is 2.11. The second kappa shape index (κ2) is 5.56. The Morgan fingerprint density at radius 3 is 2.58 bits per heavy atom. The van der Waals surface area contributed by atoms with Gasteiger partial charge in [0.05, 0.1) is 12.8 Å². The van der Waals surface area contributed by atoms with E-state index in [1.54, 1.807) is 24.9 Å². The van der Waals surface area contributed by atoms with Crippen LogP contribution in [0.4, 0.5) is 0 Å². The van der Waals surface area contributed by atoms with E-state index >= 15 is 0 Å². The number of rotatable bonds is 5. The molecule has 1 aromatic carbocycles. The predicted molar refractivity (Wildman–Crippen MR) is 70.6 cm³/mol. The molecule has 5 heteroatoms. The number of nitrogens with zero attached hydrogens (tertiary/aromatic N) is 2. The zero-order valence-electron chi connectivity index (χ0n) is 11.0. The van der Waals surface area contributed by atoms with Crippen LogP contribution >= 0.6 is 0 Å². The van der Waals surface area contributed by atoms with Gasteiger partial charge in [-0.25, -0.2) is 4.79 Å². The molecule has 0 aliphatic carbocycles. The average molecular weight is 260 g/mol. The molecule has 5 nitrogen and oxygen atoms in total. The number of hydrogen-bond donors (Lipinski definition) is 1. The highest BCUT2D eigenvalue weighted by atomic mass is 16.5. The monoisotopic (exact) mass is 260 g/mol. The molecule has 0 radical (unpaired) electrons. The Bertz CT molecular complexity index is 573. The maximum absolute atomic E-state index is 10.9. The van der Waals surface area contributed by atoms with Gasteiger partial charge in [-0.15, -0.1) is 0 Å². The molecule has 1 heterocycles. The van der Waals surface area contributed by atoms with E-state index in [1.165, 1.54) is 0 Å². The number of aromatic carboxylic acids is 1. The second-order valence-electron chi connectivity index (χ2n) is 4.29. The standard InChI is InChI=1S/C14H16N2O3/c1-10-13(14(17)18)9-16(15-10)8-7-11-3-5-12(19-2)6-4-11/h3-6,9H,7-8H2,1-2H3,(H,17,18). The molecule has 19 heavy (non-hydrogen) atoms. The van der Waals surface area contributed by atoms with Crippen molar-refractivity contribution in [3.8, 4) is 5.75 Å². The third-order valence-corrected chi connectivity index (χ3v) is 2.97. The first kappa shape index (κ1) is 13.1. The van der Waals surface area contributed by atoms with E-state index in [4.69, 9.17) is 9.84 Å². The molecular formula is C14H16N2O3. The average Bonchev–Trinajstić information content (AvgIpc) is 2.78. The maximum atomic E-state index is 10.9. The first-order chi connectivity index (χ1) is 9.10. The van der Waals surface area contributed by atoms with Crippen LogP contribution in [0.15, 0.2) is 30.5 Å². The van der Waals surface area contributed by atoms with E-state index in [0.29, 0.717) is 12.2 Å². The summed E-state index contributed by atoms with van der Waals surface area (Å²) in [7, 11) is 1.63. The lowest BCUT2D eigenvalue weighted by Gasteiger charge is -2.04. The molecule has 0 bridgehead atoms. The molecule has 0 atom stereocenters. The van der Waals surface area contributed by atoms with Crippen molar-refractivity contribution in [2.45, 2.75) is 19.9 Å². The van der Waals surface area contributed by atoms with Crippen LogP contribution in [-0.4, -0.2) is 28.0 Å². The largest absolute Gasteiger partial charge is 0.497 e. The van der Waals surface area contributed by atoms with Crippen LogP contribution in [-0.2, 0) is 13.0 Å². The molecule has 0 aliphatic rings. The summed E-state index contributed by atoms with van der Waals surface area (Å²) in [5, 5.41) is 13.1. The Morgan fingerprint density at radius 1 is 1.37 bits per heavy atom. The molecular weight excluding hydrogens is 244 g/mol. The lowest BCUT2D eigenvalue weighted by Crippen LogP contribution is -2.02. The Morgan fingerprint density at radius 2 is 2.05 bits per heavy atom. The summed E-state index contributed by atoms with van der Waals surface area (Å²) >= 11 is 0. The van der Waals surface area contributed by atoms with Gasteiger partial charge in [0.15, 0.2) is 0 Å². The lowest BCUT2D eigenvalue weighted by atomic mass is 10.1. The Hall–Kier alpha value is -2.30. The van der Waals surface area contributed by atoms with Gasteiger partial charge in [-0.05, 0) is 31.0 Å². The van der Waals surface area contributed by atoms with Gasteiger partial charge in [0.25, 0.3) is 0 Å². The van der Waals surface area contributed by atoms with Crippen LogP contribution in [0.5, 0.6) is 5.75 Å². The van der Waals surface area contributed by atoms with Crippen LogP contribution in [0, 0.1) is 6.92 Å². The van der Waals surface area contributed by atoms with Crippen LogP contribution in [0.1, 0.15) is 21.6 Å². The van der Waals surface area contributed by atoms with E-state index in [9.17, 15) is 4.79 Å². The van der Waals surface area contributed by atoms with Gasteiger partial charge < -0.3 is 9.84 Å². The number of aromatic nitrogens is 2. The number of aryl methyl sites for hydroxylation is 3. The Balaban J connectivity index is 2.01. The van der Waals surface area contributed by atoms with Crippen molar-refractivity contribution < 1.29 is 14.6 Å². The third-order valence-electron chi connectivity index (χ3n) is 2.97. The fourth-order valence-electron chi connectivity index (χ4n) is 1.88. The molecule has 0 spiro atoms. The summed E-state index contributed by atoms with van der Waals surface area (Å²) in [6.45, 7) is 2.35. The highest BCUT2D eigenvalue weighted by molar-refractivity contribution is 5.88. The Labute approximate surface area is 111 Å². The number of benzene rings is 1. The summed E-state index contributed by atoms with van der Waals surface area (Å²) in [6, 6.07) is 7.80. The van der Waals surface area contributed by atoms with Crippen LogP contribution in [0.25, 0.3) is 0 Å². The van der Waals surface area contributed by atoms with Gasteiger partial charge in [-0.1, -0.05) is 12.1 Å². The lowest BCUT2D eigenvalue weighted by molar-refractivity contribution is 0.0696. The number of methoxy groups -OCH3 is 1. The van der Waals surface area contributed by atoms with Crippen molar-refractivity contribution in [1.82, 2.24) is 9.78 Å². The van der Waals surface area contributed by atoms with Crippen LogP contribution in [0.2, 0.25) is 0 Å². The normalized spacial score (nSPS) is 10.4. The van der Waals surface area contributed by atoms with Crippen molar-refractivity contribution in [2.24, 2.45) is 0 Å². The minimum atomic E-state index is -0.937. The summed E-state index contributed by atoms with van der Waals surface area (Å²) in [5.74, 6) is -0.111. The Kier molecular flexibility index (Phi) is 3.85. The molecule has 0 saturated carbocycles. The molecule has 0 aliphatic heterocycles. The van der Waals surface area contributed by atoms with Gasteiger partial charge in [0.2, 0.25) is 0 Å². The van der Waals surface area contributed by atoms with Crippen LogP contribution < -0.4 is 4.74 Å². The maximum Gasteiger partial charge on any atom is 0.339 e. The van der Waals surface area contributed by atoms with E-state index in [-0.39, 0.29) is 5.56 Å². The molecule has 1 aromatic heterocycles. The topological polar surface area (TPSA) is 64.3 Å². The van der Waals surface area contributed by atoms with E-state index in [2.05, 4.69) is 5.10 Å². The molecule has 0 fully saturated rings. The smallest absolute Gasteiger partial charge is 0.339 e. The zero-order valence-corrected chi connectivity index (χ0v) is 11.0. The number of carboxylic acids is 1. The minimum Gasteiger partial charge on any atom is -0.497 e. The van der Waals surface area contributed by atoms with Crippen molar-refractivity contribution in [3.05, 3.63) is 47.3 Å². The van der Waals surface area contributed by atoms with Crippen molar-refractivity contribution >= 4 is 5.97 Å². The number of carboxylic acid groups (broad SMARTS) is 1. The molecule has 0 saturated heterocycles. The number of hydrogen-bond acceptors (Lipinski definition) is 3. The SMILES string of the molecule is COc1ccc(CCn2cc(C(=O)O)c(C)n2)cc1. The van der Waals surface area contributed by atoms with Crippen molar-refractivity contribution in [3.63, 3.8) is 0 Å². The van der Waals surface area contributed by atoms with Crippen molar-refractivity contribution in [2.75, 3.05) is 7.11 Å². The van der Waals surface area contributed by atoms with Gasteiger partial charge in [0, 0.05) is 12.7 Å². The molecule has 0 amide bonds. The van der Waals surface area contributed by atoms with Crippen molar-refractivity contribution in [1.29, 1.82) is 0 Å². The molecule has 2 aromatic rings.